The molecular formula is C9H17O. The first kappa shape index (κ1) is 8.06. The summed E-state index contributed by atoms with van der Waals surface area (Å²) >= 11 is 0. The largest absolute Gasteiger partial charge is 0.381 e. The lowest BCUT2D eigenvalue weighted by atomic mass is 9.92. The molecule has 0 amide bonds. The van der Waals surface area contributed by atoms with Crippen molar-refractivity contribution in [2.45, 2.75) is 33.1 Å². The maximum atomic E-state index is 5.37. The van der Waals surface area contributed by atoms with Gasteiger partial charge in [-0.3, -0.25) is 0 Å². The topological polar surface area (TPSA) is 9.23 Å². The third kappa shape index (κ3) is 2.70. The minimum absolute atomic E-state index is 0.818. The lowest BCUT2D eigenvalue weighted by molar-refractivity contribution is 0.0532. The monoisotopic (exact) mass is 141 g/mol. The highest BCUT2D eigenvalue weighted by Gasteiger charge is 2.14. The Morgan fingerprint density at radius 1 is 1.50 bits per heavy atom. The van der Waals surface area contributed by atoms with Crippen LogP contribution in [-0.2, 0) is 4.74 Å². The lowest BCUT2D eigenvalue weighted by Gasteiger charge is -2.22. The molecule has 1 heterocycles. The molecule has 0 aromatic rings. The van der Waals surface area contributed by atoms with E-state index in [-0.39, 0.29) is 0 Å². The summed E-state index contributed by atoms with van der Waals surface area (Å²) in [7, 11) is 0. The number of hydrogen-bond donors (Lipinski definition) is 0. The third-order valence-corrected chi connectivity index (χ3v) is 1.95. The van der Waals surface area contributed by atoms with E-state index < -0.39 is 0 Å². The van der Waals surface area contributed by atoms with Gasteiger partial charge in [-0.25, -0.2) is 0 Å². The average Bonchev–Trinajstić information content (AvgIpc) is 1.88. The van der Waals surface area contributed by atoms with Gasteiger partial charge in [-0.2, -0.15) is 0 Å². The van der Waals surface area contributed by atoms with Gasteiger partial charge >= 0.3 is 0 Å². The van der Waals surface area contributed by atoms with Gasteiger partial charge in [0.1, 0.15) is 0 Å². The minimum atomic E-state index is 0.818. The molecule has 0 saturated carbocycles. The summed E-state index contributed by atoms with van der Waals surface area (Å²) in [6.07, 6.45) is 3.89. The molecule has 1 rings (SSSR count). The van der Waals surface area contributed by atoms with Gasteiger partial charge in [0.05, 0.1) is 0 Å². The van der Waals surface area contributed by atoms with E-state index in [0.29, 0.717) is 0 Å². The van der Waals surface area contributed by atoms with E-state index in [1.807, 2.05) is 0 Å². The fraction of sp³-hybridized carbons (Fsp3) is 0.889. The van der Waals surface area contributed by atoms with Crippen molar-refractivity contribution >= 4 is 0 Å². The molecule has 1 aliphatic rings. The van der Waals surface area contributed by atoms with Crippen LogP contribution in [0.2, 0.25) is 0 Å². The molecule has 0 aliphatic carbocycles. The molecule has 1 unspecified atom stereocenters. The lowest BCUT2D eigenvalue weighted by Crippen LogP contribution is -2.18. The zero-order valence-corrected chi connectivity index (χ0v) is 7.02. The molecule has 1 heteroatoms. The van der Waals surface area contributed by atoms with Crippen LogP contribution in [0.3, 0.4) is 0 Å². The Balaban J connectivity index is 2.13. The summed E-state index contributed by atoms with van der Waals surface area (Å²) in [4.78, 5) is 0. The van der Waals surface area contributed by atoms with E-state index in [1.165, 1.54) is 25.2 Å². The first-order valence-corrected chi connectivity index (χ1v) is 4.16. The molecule has 0 aromatic carbocycles. The highest BCUT2D eigenvalue weighted by molar-refractivity contribution is 4.81. The minimum Gasteiger partial charge on any atom is -0.381 e. The van der Waals surface area contributed by atoms with Crippen LogP contribution < -0.4 is 0 Å². The first-order valence-electron chi connectivity index (χ1n) is 4.16. The molecule has 1 radical (unpaired) electrons. The summed E-state index contributed by atoms with van der Waals surface area (Å²) in [6, 6.07) is 0. The Morgan fingerprint density at radius 2 is 2.30 bits per heavy atom. The fourth-order valence-electron chi connectivity index (χ4n) is 1.55. The number of ether oxygens (including phenoxy) is 1. The fourth-order valence-corrected chi connectivity index (χ4v) is 1.55. The van der Waals surface area contributed by atoms with Crippen molar-refractivity contribution in [1.29, 1.82) is 0 Å². The molecule has 0 aromatic heterocycles. The van der Waals surface area contributed by atoms with E-state index >= 15 is 0 Å². The van der Waals surface area contributed by atoms with Gasteiger partial charge in [-0.05, 0) is 31.1 Å². The van der Waals surface area contributed by atoms with Gasteiger partial charge in [0, 0.05) is 13.2 Å². The van der Waals surface area contributed by atoms with Crippen LogP contribution in [0.25, 0.3) is 0 Å². The normalized spacial score (nSPS) is 27.3. The maximum Gasteiger partial charge on any atom is 0.0494 e. The summed E-state index contributed by atoms with van der Waals surface area (Å²) < 4.78 is 5.37. The van der Waals surface area contributed by atoms with E-state index in [9.17, 15) is 0 Å². The number of hydrogen-bond acceptors (Lipinski definition) is 1. The van der Waals surface area contributed by atoms with Crippen LogP contribution >= 0.6 is 0 Å². The number of rotatable bonds is 2. The van der Waals surface area contributed by atoms with Gasteiger partial charge in [0.25, 0.3) is 0 Å². The van der Waals surface area contributed by atoms with Crippen LogP contribution in [-0.4, -0.2) is 13.2 Å². The SMILES string of the molecule is C[C](C)CC1CCCOC1. The van der Waals surface area contributed by atoms with Crippen LogP contribution in [0.5, 0.6) is 0 Å². The van der Waals surface area contributed by atoms with Crippen LogP contribution in [0, 0.1) is 11.8 Å². The Bertz CT molecular complexity index is 82.7. The standard InChI is InChI=1S/C9H17O/c1-8(2)6-9-4-3-5-10-7-9/h9H,3-7H2,1-2H3. The van der Waals surface area contributed by atoms with E-state index in [1.54, 1.807) is 0 Å². The second kappa shape index (κ2) is 3.97. The van der Waals surface area contributed by atoms with Crippen molar-refractivity contribution in [3.05, 3.63) is 5.92 Å². The molecule has 59 valence electrons. The molecule has 1 nitrogen and oxygen atoms in total. The smallest absolute Gasteiger partial charge is 0.0494 e. The molecule has 10 heavy (non-hydrogen) atoms. The zero-order chi connectivity index (χ0) is 7.40. The van der Waals surface area contributed by atoms with Crippen LogP contribution in [0.15, 0.2) is 0 Å². The highest BCUT2D eigenvalue weighted by atomic mass is 16.5. The highest BCUT2D eigenvalue weighted by Crippen LogP contribution is 2.21. The Hall–Kier alpha value is -0.0400. The van der Waals surface area contributed by atoms with E-state index in [2.05, 4.69) is 13.8 Å². The molecule has 1 saturated heterocycles. The zero-order valence-electron chi connectivity index (χ0n) is 7.02. The van der Waals surface area contributed by atoms with Gasteiger partial charge in [-0.15, -0.1) is 0 Å². The third-order valence-electron chi connectivity index (χ3n) is 1.95. The molecule has 1 fully saturated rings. The van der Waals surface area contributed by atoms with Crippen molar-refractivity contribution in [3.63, 3.8) is 0 Å². The van der Waals surface area contributed by atoms with Gasteiger partial charge in [0.15, 0.2) is 0 Å². The first-order chi connectivity index (χ1) is 4.79. The summed E-state index contributed by atoms with van der Waals surface area (Å²) in [5.41, 5.74) is 0. The summed E-state index contributed by atoms with van der Waals surface area (Å²) in [5, 5.41) is 0. The Kier molecular flexibility index (Phi) is 3.20. The second-order valence-electron chi connectivity index (χ2n) is 3.49. The molecule has 0 spiro atoms. The van der Waals surface area contributed by atoms with Crippen LogP contribution in [0.4, 0.5) is 0 Å². The van der Waals surface area contributed by atoms with Crippen molar-refractivity contribution in [3.8, 4) is 0 Å². The molecule has 0 bridgehead atoms. The Morgan fingerprint density at radius 3 is 2.80 bits per heavy atom. The predicted molar refractivity (Wildman–Crippen MR) is 42.8 cm³/mol. The molecule has 1 atom stereocenters. The van der Waals surface area contributed by atoms with Crippen molar-refractivity contribution in [2.24, 2.45) is 5.92 Å². The van der Waals surface area contributed by atoms with Crippen molar-refractivity contribution < 1.29 is 4.74 Å². The molecule has 0 N–H and O–H groups in total. The van der Waals surface area contributed by atoms with Gasteiger partial charge in [0.2, 0.25) is 0 Å². The quantitative estimate of drug-likeness (QED) is 0.574. The van der Waals surface area contributed by atoms with Crippen molar-refractivity contribution in [2.75, 3.05) is 13.2 Å². The molecule has 1 aliphatic heterocycles. The van der Waals surface area contributed by atoms with Gasteiger partial charge in [-0.1, -0.05) is 13.8 Å². The summed E-state index contributed by atoms with van der Waals surface area (Å²) in [6.45, 7) is 6.38. The van der Waals surface area contributed by atoms with Crippen molar-refractivity contribution in [1.82, 2.24) is 0 Å². The van der Waals surface area contributed by atoms with E-state index in [4.69, 9.17) is 4.74 Å². The van der Waals surface area contributed by atoms with Gasteiger partial charge < -0.3 is 4.74 Å². The van der Waals surface area contributed by atoms with Crippen LogP contribution in [0.1, 0.15) is 33.1 Å². The van der Waals surface area contributed by atoms with E-state index in [0.717, 1.165) is 19.1 Å². The average molecular weight is 141 g/mol. The maximum absolute atomic E-state index is 5.37. The molecular weight excluding hydrogens is 124 g/mol. The Labute approximate surface area is 63.8 Å². The second-order valence-corrected chi connectivity index (χ2v) is 3.49. The predicted octanol–water partition coefficient (Wildman–Crippen LogP) is 2.42. The summed E-state index contributed by atoms with van der Waals surface area (Å²) in [5.74, 6) is 2.36.